The van der Waals surface area contributed by atoms with Crippen LogP contribution in [0.4, 0.5) is 0 Å². The molecular weight excluding hydrogens is 364 g/mol. The number of oxime groups is 1. The third-order valence-electron chi connectivity index (χ3n) is 5.25. The Morgan fingerprint density at radius 2 is 1.93 bits per heavy atom. The Kier molecular flexibility index (Phi) is 5.48. The normalized spacial score (nSPS) is 19.7. The van der Waals surface area contributed by atoms with Crippen molar-refractivity contribution in [2.24, 2.45) is 11.1 Å². The maximum atomic E-state index is 13.1. The fourth-order valence-electron chi connectivity index (χ4n) is 3.85. The van der Waals surface area contributed by atoms with Gasteiger partial charge in [0.25, 0.3) is 0 Å². The first-order valence-electron chi connectivity index (χ1n) is 9.50. The van der Waals surface area contributed by atoms with Gasteiger partial charge in [-0.2, -0.15) is 0 Å². The van der Waals surface area contributed by atoms with Gasteiger partial charge in [-0.15, -0.1) is 0 Å². The zero-order valence-corrected chi connectivity index (χ0v) is 15.9. The molecule has 1 saturated carbocycles. The SMILES string of the molecule is O=C(C1CCCC1)N(Cc1ccccc1)C[C@H]1CC(c2ccc(Cl)o2)=NO1. The summed E-state index contributed by atoms with van der Waals surface area (Å²) < 4.78 is 5.42. The van der Waals surface area contributed by atoms with E-state index in [0.717, 1.165) is 37.0 Å². The number of furan rings is 1. The summed E-state index contributed by atoms with van der Waals surface area (Å²) in [5.41, 5.74) is 1.86. The molecule has 0 unspecified atom stereocenters. The predicted octanol–water partition coefficient (Wildman–Crippen LogP) is 4.65. The summed E-state index contributed by atoms with van der Waals surface area (Å²) in [5, 5.41) is 4.48. The fourth-order valence-corrected chi connectivity index (χ4v) is 4.00. The van der Waals surface area contributed by atoms with Crippen molar-refractivity contribution in [1.82, 2.24) is 4.90 Å². The van der Waals surface area contributed by atoms with Crippen molar-refractivity contribution in [3.63, 3.8) is 0 Å². The summed E-state index contributed by atoms with van der Waals surface area (Å²) in [7, 11) is 0. The first-order valence-corrected chi connectivity index (χ1v) is 9.88. The number of rotatable bonds is 6. The molecule has 1 aromatic carbocycles. The van der Waals surface area contributed by atoms with Gasteiger partial charge in [0.1, 0.15) is 5.71 Å². The summed E-state index contributed by atoms with van der Waals surface area (Å²) in [4.78, 5) is 20.6. The van der Waals surface area contributed by atoms with Gasteiger partial charge in [0, 0.05) is 18.9 Å². The lowest BCUT2D eigenvalue weighted by Gasteiger charge is -2.27. The molecule has 1 amide bonds. The van der Waals surface area contributed by atoms with Gasteiger partial charge in [0.15, 0.2) is 17.1 Å². The Morgan fingerprint density at radius 1 is 1.15 bits per heavy atom. The van der Waals surface area contributed by atoms with Gasteiger partial charge in [-0.3, -0.25) is 4.79 Å². The molecule has 1 aromatic heterocycles. The molecule has 4 rings (SSSR count). The highest BCUT2D eigenvalue weighted by molar-refractivity contribution is 6.29. The number of benzene rings is 1. The van der Waals surface area contributed by atoms with Gasteiger partial charge < -0.3 is 14.2 Å². The number of hydrogen-bond acceptors (Lipinski definition) is 4. The van der Waals surface area contributed by atoms with E-state index >= 15 is 0 Å². The highest BCUT2D eigenvalue weighted by Crippen LogP contribution is 2.28. The quantitative estimate of drug-likeness (QED) is 0.726. The molecule has 0 bridgehead atoms. The molecule has 2 aliphatic rings. The molecule has 1 atom stereocenters. The van der Waals surface area contributed by atoms with E-state index in [0.29, 0.717) is 30.5 Å². The minimum Gasteiger partial charge on any atom is -0.443 e. The zero-order chi connectivity index (χ0) is 18.6. The standard InChI is InChI=1S/C21H23ClN2O3/c22-20-11-10-19(26-20)18-12-17(27-23-18)14-24(13-15-6-2-1-3-7-15)21(25)16-8-4-5-9-16/h1-3,6-7,10-11,16-17H,4-5,8-9,12-14H2/t17-/m1/s1. The van der Waals surface area contributed by atoms with E-state index in [1.807, 2.05) is 23.1 Å². The molecule has 2 aromatic rings. The average Bonchev–Trinajstić information content (AvgIpc) is 3.43. The molecule has 6 heteroatoms. The molecule has 142 valence electrons. The van der Waals surface area contributed by atoms with Gasteiger partial charge in [-0.1, -0.05) is 48.3 Å². The van der Waals surface area contributed by atoms with Crippen LogP contribution in [0.3, 0.4) is 0 Å². The van der Waals surface area contributed by atoms with Crippen molar-refractivity contribution in [3.8, 4) is 0 Å². The monoisotopic (exact) mass is 386 g/mol. The van der Waals surface area contributed by atoms with Crippen LogP contribution in [0.15, 0.2) is 52.0 Å². The minimum atomic E-state index is -0.169. The van der Waals surface area contributed by atoms with Crippen LogP contribution >= 0.6 is 11.6 Å². The number of carbonyl (C=O) groups excluding carboxylic acids is 1. The Labute approximate surface area is 163 Å². The number of hydrogen-bond donors (Lipinski definition) is 0. The van der Waals surface area contributed by atoms with Crippen LogP contribution in [0.1, 0.15) is 43.4 Å². The van der Waals surface area contributed by atoms with E-state index in [2.05, 4.69) is 17.3 Å². The van der Waals surface area contributed by atoms with E-state index in [1.54, 1.807) is 12.1 Å². The third kappa shape index (κ3) is 4.35. The Morgan fingerprint density at radius 3 is 2.63 bits per heavy atom. The lowest BCUT2D eigenvalue weighted by atomic mass is 10.0. The van der Waals surface area contributed by atoms with E-state index in [9.17, 15) is 4.79 Å². The molecule has 0 radical (unpaired) electrons. The number of carbonyl (C=O) groups is 1. The van der Waals surface area contributed by atoms with Crippen LogP contribution in [0.25, 0.3) is 0 Å². The Balaban J connectivity index is 1.43. The van der Waals surface area contributed by atoms with Gasteiger partial charge in [-0.25, -0.2) is 0 Å². The van der Waals surface area contributed by atoms with E-state index in [1.165, 1.54) is 0 Å². The van der Waals surface area contributed by atoms with Gasteiger partial charge in [-0.05, 0) is 42.1 Å². The maximum Gasteiger partial charge on any atom is 0.226 e. The highest BCUT2D eigenvalue weighted by Gasteiger charge is 2.32. The van der Waals surface area contributed by atoms with Gasteiger partial charge >= 0.3 is 0 Å². The summed E-state index contributed by atoms with van der Waals surface area (Å²) in [6.07, 6.45) is 4.69. The first kappa shape index (κ1) is 18.1. The summed E-state index contributed by atoms with van der Waals surface area (Å²) in [6, 6.07) is 13.6. The van der Waals surface area contributed by atoms with Crippen LogP contribution < -0.4 is 0 Å². The summed E-state index contributed by atoms with van der Waals surface area (Å²) in [5.74, 6) is 0.994. The number of halogens is 1. The van der Waals surface area contributed by atoms with Crippen molar-refractivity contribution in [2.75, 3.05) is 6.54 Å². The van der Waals surface area contributed by atoms with Crippen LogP contribution in [0.5, 0.6) is 0 Å². The predicted molar refractivity (Wildman–Crippen MR) is 104 cm³/mol. The zero-order valence-electron chi connectivity index (χ0n) is 15.1. The second-order valence-electron chi connectivity index (χ2n) is 7.26. The average molecular weight is 387 g/mol. The largest absolute Gasteiger partial charge is 0.443 e. The smallest absolute Gasteiger partial charge is 0.226 e. The fraction of sp³-hybridized carbons (Fsp3) is 0.429. The molecule has 1 aliphatic carbocycles. The van der Waals surface area contributed by atoms with Crippen molar-refractivity contribution >= 4 is 23.2 Å². The van der Waals surface area contributed by atoms with Crippen LogP contribution in [0.2, 0.25) is 5.22 Å². The molecule has 27 heavy (non-hydrogen) atoms. The molecular formula is C21H23ClN2O3. The molecule has 5 nitrogen and oxygen atoms in total. The van der Waals surface area contributed by atoms with E-state index in [4.69, 9.17) is 20.9 Å². The lowest BCUT2D eigenvalue weighted by molar-refractivity contribution is -0.137. The van der Waals surface area contributed by atoms with Gasteiger partial charge in [0.05, 0.1) is 6.54 Å². The third-order valence-corrected chi connectivity index (χ3v) is 5.45. The molecule has 0 saturated heterocycles. The van der Waals surface area contributed by atoms with E-state index < -0.39 is 0 Å². The highest BCUT2D eigenvalue weighted by atomic mass is 35.5. The lowest BCUT2D eigenvalue weighted by Crippen LogP contribution is -2.40. The van der Waals surface area contributed by atoms with Crippen molar-refractivity contribution in [1.29, 1.82) is 0 Å². The molecule has 1 aliphatic heterocycles. The van der Waals surface area contributed by atoms with Crippen LogP contribution in [-0.2, 0) is 16.2 Å². The summed E-state index contributed by atoms with van der Waals surface area (Å²) in [6.45, 7) is 1.11. The topological polar surface area (TPSA) is 55.0 Å². The van der Waals surface area contributed by atoms with Crippen molar-refractivity contribution in [3.05, 3.63) is 59.0 Å². The number of amides is 1. The molecule has 0 spiro atoms. The summed E-state index contributed by atoms with van der Waals surface area (Å²) >= 11 is 5.85. The van der Waals surface area contributed by atoms with Gasteiger partial charge in [0.2, 0.25) is 5.91 Å². The Bertz CT molecular complexity index is 812. The molecule has 2 heterocycles. The van der Waals surface area contributed by atoms with Crippen LogP contribution in [-0.4, -0.2) is 29.2 Å². The second-order valence-corrected chi connectivity index (χ2v) is 7.63. The first-order chi connectivity index (χ1) is 13.2. The maximum absolute atomic E-state index is 13.1. The van der Waals surface area contributed by atoms with Crippen molar-refractivity contribution in [2.45, 2.75) is 44.8 Å². The number of nitrogens with zero attached hydrogens (tertiary/aromatic N) is 2. The van der Waals surface area contributed by atoms with E-state index in [-0.39, 0.29) is 17.9 Å². The molecule has 1 fully saturated rings. The Hall–Kier alpha value is -2.27. The van der Waals surface area contributed by atoms with Crippen molar-refractivity contribution < 1.29 is 14.0 Å². The minimum absolute atomic E-state index is 0.138. The van der Waals surface area contributed by atoms with Crippen LogP contribution in [0, 0.1) is 5.92 Å². The second kappa shape index (κ2) is 8.17. The molecule has 0 N–H and O–H groups in total.